The summed E-state index contributed by atoms with van der Waals surface area (Å²) in [6.45, 7) is -0.394. The molecule has 2 aromatic rings. The zero-order valence-corrected chi connectivity index (χ0v) is 12.2. The van der Waals surface area contributed by atoms with Gasteiger partial charge in [0.05, 0.1) is 6.61 Å². The number of halogens is 1. The second kappa shape index (κ2) is 5.04. The fraction of sp³-hybridized carbons (Fsp3) is 0.500. The van der Waals surface area contributed by atoms with Gasteiger partial charge in [0.1, 0.15) is 24.6 Å². The lowest BCUT2D eigenvalue weighted by molar-refractivity contribution is -0.0522. The van der Waals surface area contributed by atoms with Crippen molar-refractivity contribution in [2.24, 2.45) is 0 Å². The van der Waals surface area contributed by atoms with Gasteiger partial charge in [0.25, 0.3) is 0 Å². The largest absolute Gasteiger partial charge is 0.394 e. The molecule has 10 heteroatoms. The van der Waals surface area contributed by atoms with Crippen LogP contribution in [0.2, 0.25) is 0 Å². The Morgan fingerprint density at radius 3 is 2.75 bits per heavy atom. The molecule has 3 heterocycles. The molecule has 1 aliphatic heterocycles. The van der Waals surface area contributed by atoms with Gasteiger partial charge in [0.2, 0.25) is 0 Å². The molecule has 0 bridgehead atoms. The molecule has 0 spiro atoms. The van der Waals surface area contributed by atoms with Crippen LogP contribution in [-0.4, -0.2) is 59.8 Å². The van der Waals surface area contributed by atoms with Gasteiger partial charge in [-0.25, -0.2) is 15.0 Å². The molecule has 0 aromatic carbocycles. The van der Waals surface area contributed by atoms with E-state index in [-0.39, 0.29) is 5.82 Å². The number of hydrogen-bond acceptors (Lipinski definition) is 8. The van der Waals surface area contributed by atoms with Crippen LogP contribution in [-0.2, 0) is 4.74 Å². The second-order valence-corrected chi connectivity index (χ2v) is 5.38. The fourth-order valence-electron chi connectivity index (χ4n) is 2.22. The molecule has 0 saturated carbocycles. The SMILES string of the molecule is Nc1ncnc2c1nc(I)n2C1OC(CO)C(O)[C@@H]1O. The molecule has 3 rings (SSSR count). The van der Waals surface area contributed by atoms with Crippen molar-refractivity contribution in [3.63, 3.8) is 0 Å². The predicted octanol–water partition coefficient (Wildman–Crippen LogP) is -1.38. The highest BCUT2D eigenvalue weighted by Gasteiger charge is 2.44. The van der Waals surface area contributed by atoms with Gasteiger partial charge in [-0.1, -0.05) is 0 Å². The summed E-state index contributed by atoms with van der Waals surface area (Å²) in [5.41, 5.74) is 6.53. The first-order valence-electron chi connectivity index (χ1n) is 5.81. The lowest BCUT2D eigenvalue weighted by Crippen LogP contribution is -2.33. The number of hydrogen-bond donors (Lipinski definition) is 4. The maximum atomic E-state index is 10.1. The molecule has 5 N–H and O–H groups in total. The summed E-state index contributed by atoms with van der Waals surface area (Å²) in [4.78, 5) is 12.2. The van der Waals surface area contributed by atoms with Crippen LogP contribution in [0.3, 0.4) is 0 Å². The summed E-state index contributed by atoms with van der Waals surface area (Å²) in [5, 5.41) is 29.0. The number of aromatic nitrogens is 4. The summed E-state index contributed by atoms with van der Waals surface area (Å²) in [5.74, 6) is 0.221. The lowest BCUT2D eigenvalue weighted by Gasteiger charge is -2.17. The number of ether oxygens (including phenoxy) is 1. The Balaban J connectivity index is 2.11. The van der Waals surface area contributed by atoms with Crippen molar-refractivity contribution in [2.45, 2.75) is 24.5 Å². The number of nitrogens with zero attached hydrogens (tertiary/aromatic N) is 4. The molecule has 4 atom stereocenters. The Bertz CT molecular complexity index is 650. The summed E-state index contributed by atoms with van der Waals surface area (Å²) >= 11 is 1.95. The number of nitrogens with two attached hydrogens (primary N) is 1. The molecule has 0 amide bonds. The first kappa shape index (κ1) is 13.9. The van der Waals surface area contributed by atoms with Crippen LogP contribution in [0.4, 0.5) is 5.82 Å². The maximum absolute atomic E-state index is 10.1. The Labute approximate surface area is 126 Å². The zero-order valence-electron chi connectivity index (χ0n) is 10.1. The van der Waals surface area contributed by atoms with Crippen LogP contribution in [0.5, 0.6) is 0 Å². The van der Waals surface area contributed by atoms with E-state index in [4.69, 9.17) is 15.6 Å². The van der Waals surface area contributed by atoms with Crippen molar-refractivity contribution >= 4 is 39.6 Å². The number of anilines is 1. The second-order valence-electron chi connectivity index (χ2n) is 4.41. The van der Waals surface area contributed by atoms with E-state index in [2.05, 4.69) is 15.0 Å². The molecule has 108 valence electrons. The molecule has 0 aliphatic carbocycles. The van der Waals surface area contributed by atoms with E-state index in [1.807, 2.05) is 22.6 Å². The van der Waals surface area contributed by atoms with Crippen molar-refractivity contribution in [1.82, 2.24) is 19.5 Å². The van der Waals surface area contributed by atoms with E-state index in [1.165, 1.54) is 10.9 Å². The average Bonchev–Trinajstić information content (AvgIpc) is 2.90. The molecule has 9 nitrogen and oxygen atoms in total. The minimum atomic E-state index is -1.20. The number of rotatable bonds is 2. The molecule has 1 aliphatic rings. The number of nitrogen functional groups attached to an aromatic ring is 1. The third kappa shape index (κ3) is 1.95. The monoisotopic (exact) mass is 393 g/mol. The van der Waals surface area contributed by atoms with Crippen LogP contribution in [0, 0.1) is 3.83 Å². The summed E-state index contributed by atoms with van der Waals surface area (Å²) in [7, 11) is 0. The smallest absolute Gasteiger partial charge is 0.175 e. The quantitative estimate of drug-likeness (QED) is 0.362. The minimum Gasteiger partial charge on any atom is -0.394 e. The molecule has 0 radical (unpaired) electrons. The summed E-state index contributed by atoms with van der Waals surface area (Å²) in [6.07, 6.45) is -2.85. The molecule has 20 heavy (non-hydrogen) atoms. The fourth-order valence-corrected chi connectivity index (χ4v) is 2.96. The Morgan fingerprint density at radius 1 is 1.35 bits per heavy atom. The van der Waals surface area contributed by atoms with Gasteiger partial charge in [-0.2, -0.15) is 0 Å². The third-order valence-corrected chi connectivity index (χ3v) is 3.99. The van der Waals surface area contributed by atoms with Crippen LogP contribution in [0.15, 0.2) is 6.33 Å². The molecule has 3 unspecified atom stereocenters. The minimum absolute atomic E-state index is 0.221. The van der Waals surface area contributed by atoms with E-state index in [0.29, 0.717) is 15.0 Å². The zero-order chi connectivity index (χ0) is 14.4. The van der Waals surface area contributed by atoms with Crippen molar-refractivity contribution < 1.29 is 20.1 Å². The topological polar surface area (TPSA) is 140 Å². The Kier molecular flexibility index (Phi) is 3.50. The van der Waals surface area contributed by atoms with E-state index in [0.717, 1.165) is 0 Å². The van der Waals surface area contributed by atoms with Crippen molar-refractivity contribution in [1.29, 1.82) is 0 Å². The summed E-state index contributed by atoms with van der Waals surface area (Å²) < 4.78 is 7.49. The van der Waals surface area contributed by atoms with Gasteiger partial charge >= 0.3 is 0 Å². The van der Waals surface area contributed by atoms with Gasteiger partial charge in [-0.15, -0.1) is 0 Å². The van der Waals surface area contributed by atoms with E-state index in [9.17, 15) is 10.2 Å². The van der Waals surface area contributed by atoms with Crippen LogP contribution in [0.25, 0.3) is 11.2 Å². The van der Waals surface area contributed by atoms with Gasteiger partial charge in [-0.3, -0.25) is 4.57 Å². The van der Waals surface area contributed by atoms with Crippen molar-refractivity contribution in [3.05, 3.63) is 10.2 Å². The highest BCUT2D eigenvalue weighted by Crippen LogP contribution is 2.33. The molecule has 1 saturated heterocycles. The number of fused-ring (bicyclic) bond motifs is 1. The standard InChI is InChI=1S/C10H12IN5O4/c11-10-15-4-7(12)13-2-14-8(4)16(10)9-6(19)5(18)3(1-17)20-9/h2-3,5-6,9,17-19H,1H2,(H2,12,13,14)/t3?,5?,6-,9?/m0/s1. The van der Waals surface area contributed by atoms with Gasteiger partial charge < -0.3 is 25.8 Å². The third-order valence-electron chi connectivity index (χ3n) is 3.23. The molecule has 1 fully saturated rings. The van der Waals surface area contributed by atoms with Crippen molar-refractivity contribution in [2.75, 3.05) is 12.3 Å². The average molecular weight is 393 g/mol. The van der Waals surface area contributed by atoms with Gasteiger partial charge in [0, 0.05) is 22.6 Å². The predicted molar refractivity (Wildman–Crippen MR) is 75.5 cm³/mol. The number of aliphatic hydroxyl groups excluding tert-OH is 3. The molecular formula is C10H12IN5O4. The number of aliphatic hydroxyl groups is 3. The van der Waals surface area contributed by atoms with Gasteiger partial charge in [0.15, 0.2) is 27.0 Å². The maximum Gasteiger partial charge on any atom is 0.175 e. The first-order chi connectivity index (χ1) is 9.54. The normalized spacial score (nSPS) is 30.2. The number of imidazole rings is 1. The Morgan fingerprint density at radius 2 is 2.10 bits per heavy atom. The van der Waals surface area contributed by atoms with Crippen molar-refractivity contribution in [3.8, 4) is 0 Å². The highest BCUT2D eigenvalue weighted by atomic mass is 127. The molecule has 2 aromatic heterocycles. The lowest BCUT2D eigenvalue weighted by atomic mass is 10.1. The molecular weight excluding hydrogens is 381 g/mol. The highest BCUT2D eigenvalue weighted by molar-refractivity contribution is 14.1. The Hall–Kier alpha value is -1.08. The van der Waals surface area contributed by atoms with Gasteiger partial charge in [-0.05, 0) is 0 Å². The van der Waals surface area contributed by atoms with Crippen LogP contribution < -0.4 is 5.73 Å². The van der Waals surface area contributed by atoms with E-state index >= 15 is 0 Å². The van der Waals surface area contributed by atoms with E-state index in [1.54, 1.807) is 0 Å². The summed E-state index contributed by atoms with van der Waals surface area (Å²) in [6, 6.07) is 0. The van der Waals surface area contributed by atoms with E-state index < -0.39 is 31.1 Å². The van der Waals surface area contributed by atoms with Crippen LogP contribution >= 0.6 is 22.6 Å². The van der Waals surface area contributed by atoms with Crippen LogP contribution in [0.1, 0.15) is 6.23 Å². The first-order valence-corrected chi connectivity index (χ1v) is 6.88.